The van der Waals surface area contributed by atoms with Crippen molar-refractivity contribution in [1.82, 2.24) is 4.98 Å². The number of thiazole rings is 1. The van der Waals surface area contributed by atoms with E-state index in [1.54, 1.807) is 5.38 Å². The van der Waals surface area contributed by atoms with Crippen LogP contribution in [0.4, 0.5) is 0 Å². The molecule has 0 amide bonds. The Kier molecular flexibility index (Phi) is 4.10. The molecular formula is C10H6LiNO2S. The number of rotatable bonds is 2. The standard InChI is InChI=1S/C10H7NO2S.Li/c12-10(13)9-11-8(6-14-9)7-4-2-1-3-5-7;/h1-6H,(H,12,13);/q;+1/p-1. The van der Waals surface area contributed by atoms with E-state index < -0.39 is 5.97 Å². The van der Waals surface area contributed by atoms with Crippen LogP contribution in [-0.4, -0.2) is 11.0 Å². The topological polar surface area (TPSA) is 53.0 Å². The van der Waals surface area contributed by atoms with Crippen LogP contribution in [0.15, 0.2) is 35.7 Å². The van der Waals surface area contributed by atoms with Gasteiger partial charge in [0.25, 0.3) is 0 Å². The molecule has 0 radical (unpaired) electrons. The average molecular weight is 211 g/mol. The summed E-state index contributed by atoms with van der Waals surface area (Å²) in [6.45, 7) is 0. The Morgan fingerprint density at radius 1 is 1.27 bits per heavy atom. The largest absolute Gasteiger partial charge is 1.00 e. The molecule has 0 atom stereocenters. The average Bonchev–Trinajstić information content (AvgIpc) is 2.68. The van der Waals surface area contributed by atoms with E-state index in [0.717, 1.165) is 16.9 Å². The van der Waals surface area contributed by atoms with Crippen molar-refractivity contribution >= 4 is 17.3 Å². The molecule has 70 valence electrons. The monoisotopic (exact) mass is 211 g/mol. The maximum absolute atomic E-state index is 10.5. The first-order chi connectivity index (χ1) is 6.77. The quantitative estimate of drug-likeness (QED) is 0.549. The summed E-state index contributed by atoms with van der Waals surface area (Å²) >= 11 is 1.08. The van der Waals surface area contributed by atoms with E-state index >= 15 is 0 Å². The Balaban J connectivity index is 0.00000112. The van der Waals surface area contributed by atoms with E-state index in [9.17, 15) is 9.90 Å². The molecule has 3 nitrogen and oxygen atoms in total. The first-order valence-corrected chi connectivity index (χ1v) is 4.87. The van der Waals surface area contributed by atoms with Gasteiger partial charge in [0.1, 0.15) is 11.0 Å². The molecule has 0 spiro atoms. The van der Waals surface area contributed by atoms with Crippen molar-refractivity contribution in [2.24, 2.45) is 0 Å². The van der Waals surface area contributed by atoms with Gasteiger partial charge < -0.3 is 9.90 Å². The van der Waals surface area contributed by atoms with E-state index in [-0.39, 0.29) is 23.9 Å². The number of carboxylic acids is 1. The van der Waals surface area contributed by atoms with Gasteiger partial charge in [-0.3, -0.25) is 0 Å². The Labute approximate surface area is 103 Å². The Hall–Kier alpha value is -1.08. The fraction of sp³-hybridized carbons (Fsp3) is 0. The van der Waals surface area contributed by atoms with Crippen LogP contribution in [0.1, 0.15) is 9.80 Å². The molecule has 0 unspecified atom stereocenters. The van der Waals surface area contributed by atoms with Crippen molar-refractivity contribution in [3.63, 3.8) is 0 Å². The summed E-state index contributed by atoms with van der Waals surface area (Å²) < 4.78 is 0. The van der Waals surface area contributed by atoms with Gasteiger partial charge in [0.15, 0.2) is 0 Å². The smallest absolute Gasteiger partial charge is 0.542 e. The molecule has 1 aromatic heterocycles. The normalized spacial score (nSPS) is 9.33. The summed E-state index contributed by atoms with van der Waals surface area (Å²) in [5, 5.41) is 12.2. The number of carbonyl (C=O) groups is 1. The number of aromatic carboxylic acids is 1. The molecule has 0 N–H and O–H groups in total. The number of nitrogens with zero attached hydrogens (tertiary/aromatic N) is 1. The van der Waals surface area contributed by atoms with Crippen LogP contribution in [0.25, 0.3) is 11.3 Å². The minimum absolute atomic E-state index is 0. The van der Waals surface area contributed by atoms with Crippen LogP contribution >= 0.6 is 11.3 Å². The zero-order valence-corrected chi connectivity index (χ0v) is 8.95. The minimum atomic E-state index is -1.22. The maximum Gasteiger partial charge on any atom is 1.00 e. The van der Waals surface area contributed by atoms with Gasteiger partial charge >= 0.3 is 18.9 Å². The van der Waals surface area contributed by atoms with Crippen molar-refractivity contribution in [2.45, 2.75) is 0 Å². The third-order valence-corrected chi connectivity index (χ3v) is 2.57. The SMILES string of the molecule is O=C([O-])c1nc(-c2ccccc2)cs1.[Li+]. The molecular weight excluding hydrogens is 205 g/mol. The number of carbonyl (C=O) groups excluding carboxylic acids is 1. The number of hydrogen-bond donors (Lipinski definition) is 0. The molecule has 0 saturated heterocycles. The van der Waals surface area contributed by atoms with Crippen LogP contribution in [0.5, 0.6) is 0 Å². The van der Waals surface area contributed by atoms with Gasteiger partial charge in [-0.2, -0.15) is 0 Å². The molecule has 0 saturated carbocycles. The van der Waals surface area contributed by atoms with Gasteiger partial charge in [-0.05, 0) is 0 Å². The zero-order valence-electron chi connectivity index (χ0n) is 8.14. The first-order valence-electron chi connectivity index (χ1n) is 3.99. The summed E-state index contributed by atoms with van der Waals surface area (Å²) in [6.07, 6.45) is 0. The summed E-state index contributed by atoms with van der Waals surface area (Å²) in [4.78, 5) is 14.4. The van der Waals surface area contributed by atoms with E-state index in [1.807, 2.05) is 30.3 Å². The van der Waals surface area contributed by atoms with Gasteiger partial charge in [0.2, 0.25) is 0 Å². The third kappa shape index (κ3) is 2.69. The zero-order chi connectivity index (χ0) is 9.97. The summed E-state index contributed by atoms with van der Waals surface area (Å²) in [7, 11) is 0. The molecule has 1 aromatic carbocycles. The van der Waals surface area contributed by atoms with Gasteiger partial charge in [-0.15, -0.1) is 11.3 Å². The van der Waals surface area contributed by atoms with Gasteiger partial charge in [-0.1, -0.05) is 30.3 Å². The number of hydrogen-bond acceptors (Lipinski definition) is 4. The number of benzene rings is 1. The molecule has 0 bridgehead atoms. The van der Waals surface area contributed by atoms with Crippen LogP contribution in [0.2, 0.25) is 0 Å². The van der Waals surface area contributed by atoms with E-state index in [4.69, 9.17) is 0 Å². The fourth-order valence-corrected chi connectivity index (χ4v) is 1.77. The van der Waals surface area contributed by atoms with Crippen molar-refractivity contribution in [1.29, 1.82) is 0 Å². The van der Waals surface area contributed by atoms with E-state index in [1.165, 1.54) is 0 Å². The fourth-order valence-electron chi connectivity index (χ4n) is 1.11. The number of aromatic nitrogens is 1. The second kappa shape index (κ2) is 5.13. The minimum Gasteiger partial charge on any atom is -0.542 e. The summed E-state index contributed by atoms with van der Waals surface area (Å²) in [6, 6.07) is 9.43. The van der Waals surface area contributed by atoms with Crippen molar-refractivity contribution in [3.05, 3.63) is 40.7 Å². The summed E-state index contributed by atoms with van der Waals surface area (Å²) in [5.41, 5.74) is 1.59. The third-order valence-electron chi connectivity index (χ3n) is 1.75. The Bertz CT molecular complexity index is 455. The van der Waals surface area contributed by atoms with Crippen LogP contribution in [0, 0.1) is 0 Å². The number of carboxylic acid groups (broad SMARTS) is 1. The molecule has 0 aliphatic carbocycles. The van der Waals surface area contributed by atoms with Gasteiger partial charge in [0, 0.05) is 10.9 Å². The van der Waals surface area contributed by atoms with Crippen molar-refractivity contribution < 1.29 is 28.8 Å². The second-order valence-electron chi connectivity index (χ2n) is 2.69. The molecule has 0 aliphatic rings. The molecule has 0 aliphatic heterocycles. The molecule has 2 rings (SSSR count). The van der Waals surface area contributed by atoms with Gasteiger partial charge in [-0.25, -0.2) is 4.98 Å². The predicted molar refractivity (Wildman–Crippen MR) is 51.9 cm³/mol. The molecule has 5 heteroatoms. The second-order valence-corrected chi connectivity index (χ2v) is 3.55. The molecule has 0 fully saturated rings. The van der Waals surface area contributed by atoms with Crippen LogP contribution in [-0.2, 0) is 0 Å². The summed E-state index contributed by atoms with van der Waals surface area (Å²) in [5.74, 6) is -1.22. The van der Waals surface area contributed by atoms with E-state index in [2.05, 4.69) is 4.98 Å². The van der Waals surface area contributed by atoms with Crippen LogP contribution < -0.4 is 24.0 Å². The van der Waals surface area contributed by atoms with Crippen molar-refractivity contribution in [2.75, 3.05) is 0 Å². The predicted octanol–water partition coefficient (Wildman–Crippen LogP) is -1.82. The first kappa shape index (κ1) is 12.0. The molecule has 1 heterocycles. The Morgan fingerprint density at radius 2 is 1.93 bits per heavy atom. The molecule has 2 aromatic rings. The van der Waals surface area contributed by atoms with E-state index in [0.29, 0.717) is 5.69 Å². The van der Waals surface area contributed by atoms with Crippen LogP contribution in [0.3, 0.4) is 0 Å². The van der Waals surface area contributed by atoms with Crippen molar-refractivity contribution in [3.8, 4) is 11.3 Å². The Morgan fingerprint density at radius 3 is 2.47 bits per heavy atom. The van der Waals surface area contributed by atoms with Gasteiger partial charge in [0.05, 0.1) is 5.69 Å². The maximum atomic E-state index is 10.5. The molecule has 15 heavy (non-hydrogen) atoms.